The number of carbonyl (C=O) groups excluding carboxylic acids is 1. The van der Waals surface area contributed by atoms with Gasteiger partial charge in [0.2, 0.25) is 10.0 Å². The molecule has 16 heavy (non-hydrogen) atoms. The molecule has 0 spiro atoms. The molecule has 6 heteroatoms. The summed E-state index contributed by atoms with van der Waals surface area (Å²) in [6, 6.07) is -0.297. The van der Waals surface area contributed by atoms with E-state index < -0.39 is 16.0 Å². The van der Waals surface area contributed by atoms with Crippen LogP contribution in [-0.2, 0) is 19.6 Å². The lowest BCUT2D eigenvalue weighted by Gasteiger charge is -2.17. The zero-order chi connectivity index (χ0) is 12.3. The molecule has 0 aromatic carbocycles. The Morgan fingerprint density at radius 1 is 1.56 bits per heavy atom. The zero-order valence-electron chi connectivity index (χ0n) is 9.69. The van der Waals surface area contributed by atoms with E-state index in [0.29, 0.717) is 12.2 Å². The van der Waals surface area contributed by atoms with E-state index in [1.165, 1.54) is 0 Å². The minimum Gasteiger partial charge on any atom is -0.466 e. The second kappa shape index (κ2) is 4.97. The summed E-state index contributed by atoms with van der Waals surface area (Å²) in [4.78, 5) is 11.3. The van der Waals surface area contributed by atoms with Gasteiger partial charge in [-0.1, -0.05) is 13.8 Å². The van der Waals surface area contributed by atoms with Crippen molar-refractivity contribution in [3.05, 3.63) is 11.0 Å². The van der Waals surface area contributed by atoms with E-state index in [1.54, 1.807) is 6.92 Å². The Hall–Kier alpha value is -0.880. The molecule has 0 radical (unpaired) electrons. The predicted molar refractivity (Wildman–Crippen MR) is 60.0 cm³/mol. The Bertz CT molecular complexity index is 397. The topological polar surface area (TPSA) is 72.5 Å². The number of hydrogen-bond donors (Lipinski definition) is 1. The van der Waals surface area contributed by atoms with E-state index in [-0.39, 0.29) is 18.4 Å². The molecule has 0 aromatic heterocycles. The fourth-order valence-electron chi connectivity index (χ4n) is 1.65. The largest absolute Gasteiger partial charge is 0.466 e. The van der Waals surface area contributed by atoms with Crippen LogP contribution < -0.4 is 4.72 Å². The summed E-state index contributed by atoms with van der Waals surface area (Å²) in [5.41, 5.74) is 0.577. The van der Waals surface area contributed by atoms with Crippen molar-refractivity contribution < 1.29 is 17.9 Å². The molecule has 0 aromatic rings. The normalized spacial score (nSPS) is 23.2. The number of esters is 1. The Morgan fingerprint density at radius 2 is 2.19 bits per heavy atom. The maximum Gasteiger partial charge on any atom is 0.309 e. The van der Waals surface area contributed by atoms with Gasteiger partial charge in [-0.3, -0.25) is 4.79 Å². The van der Waals surface area contributed by atoms with Crippen LogP contribution in [0, 0.1) is 5.92 Å². The summed E-state index contributed by atoms with van der Waals surface area (Å²) in [6.45, 7) is 5.82. The number of rotatable bonds is 4. The van der Waals surface area contributed by atoms with Crippen LogP contribution >= 0.6 is 0 Å². The lowest BCUT2D eigenvalue weighted by molar-refractivity contribution is -0.142. The third-order valence-electron chi connectivity index (χ3n) is 2.32. The van der Waals surface area contributed by atoms with E-state index in [2.05, 4.69) is 4.72 Å². The summed E-state index contributed by atoms with van der Waals surface area (Å²) in [5.74, 6) is -0.281. The van der Waals surface area contributed by atoms with Gasteiger partial charge in [0.1, 0.15) is 0 Å². The highest BCUT2D eigenvalue weighted by Crippen LogP contribution is 2.23. The van der Waals surface area contributed by atoms with Crippen LogP contribution in [0.15, 0.2) is 11.0 Å². The third-order valence-corrected chi connectivity index (χ3v) is 3.51. The molecule has 0 fully saturated rings. The van der Waals surface area contributed by atoms with Crippen molar-refractivity contribution in [2.75, 3.05) is 6.61 Å². The molecule has 0 aliphatic carbocycles. The number of ether oxygens (including phenoxy) is 1. The molecule has 0 amide bonds. The minimum atomic E-state index is -3.37. The Kier molecular flexibility index (Phi) is 4.09. The lowest BCUT2D eigenvalue weighted by Crippen LogP contribution is -2.33. The SMILES string of the molecule is CCOC(=O)CC1=CS(=O)(=O)N[C@H]1C(C)C. The fraction of sp³-hybridized carbons (Fsp3) is 0.700. The summed E-state index contributed by atoms with van der Waals surface area (Å²) in [7, 11) is -3.37. The van der Waals surface area contributed by atoms with Crippen LogP contribution in [0.4, 0.5) is 0 Å². The smallest absolute Gasteiger partial charge is 0.309 e. The number of carbonyl (C=O) groups is 1. The van der Waals surface area contributed by atoms with E-state index in [4.69, 9.17) is 4.74 Å². The van der Waals surface area contributed by atoms with Crippen molar-refractivity contribution in [2.45, 2.75) is 33.2 Å². The van der Waals surface area contributed by atoms with Crippen molar-refractivity contribution in [3.63, 3.8) is 0 Å². The molecule has 92 valence electrons. The van der Waals surface area contributed by atoms with Gasteiger partial charge < -0.3 is 4.74 Å². The quantitative estimate of drug-likeness (QED) is 0.745. The maximum absolute atomic E-state index is 11.4. The summed E-state index contributed by atoms with van der Waals surface area (Å²) >= 11 is 0. The van der Waals surface area contributed by atoms with Gasteiger partial charge in [0.05, 0.1) is 13.0 Å². The van der Waals surface area contributed by atoms with E-state index in [9.17, 15) is 13.2 Å². The molecule has 0 unspecified atom stereocenters. The molecule has 1 aliphatic heterocycles. The van der Waals surface area contributed by atoms with Crippen molar-refractivity contribution in [3.8, 4) is 0 Å². The molecule has 1 N–H and O–H groups in total. The molecular weight excluding hydrogens is 230 g/mol. The lowest BCUT2D eigenvalue weighted by atomic mass is 9.96. The summed E-state index contributed by atoms with van der Waals surface area (Å²) in [6.07, 6.45) is 0.0307. The van der Waals surface area contributed by atoms with Crippen molar-refractivity contribution in [2.24, 2.45) is 5.92 Å². The molecular formula is C10H17NO4S. The van der Waals surface area contributed by atoms with Gasteiger partial charge in [0, 0.05) is 11.4 Å². The Morgan fingerprint density at radius 3 is 2.69 bits per heavy atom. The fourth-order valence-corrected chi connectivity index (χ4v) is 3.13. The molecule has 1 aliphatic rings. The molecule has 1 rings (SSSR count). The van der Waals surface area contributed by atoms with Crippen molar-refractivity contribution >= 4 is 16.0 Å². The zero-order valence-corrected chi connectivity index (χ0v) is 10.5. The monoisotopic (exact) mass is 247 g/mol. The Labute approximate surface area is 95.9 Å². The van der Waals surface area contributed by atoms with E-state index in [0.717, 1.165) is 5.41 Å². The average molecular weight is 247 g/mol. The van der Waals surface area contributed by atoms with Gasteiger partial charge in [0.25, 0.3) is 0 Å². The molecule has 0 bridgehead atoms. The molecule has 0 saturated heterocycles. The van der Waals surface area contributed by atoms with Crippen molar-refractivity contribution in [1.29, 1.82) is 0 Å². The van der Waals surface area contributed by atoms with Crippen LogP contribution in [0.5, 0.6) is 0 Å². The Balaban J connectivity index is 2.79. The third kappa shape index (κ3) is 3.31. The van der Waals surface area contributed by atoms with Gasteiger partial charge in [-0.15, -0.1) is 0 Å². The van der Waals surface area contributed by atoms with Gasteiger partial charge in [0.15, 0.2) is 0 Å². The van der Waals surface area contributed by atoms with Gasteiger partial charge in [-0.05, 0) is 18.4 Å². The highest BCUT2D eigenvalue weighted by Gasteiger charge is 2.31. The van der Waals surface area contributed by atoms with Crippen molar-refractivity contribution in [1.82, 2.24) is 4.72 Å². The van der Waals surface area contributed by atoms with E-state index >= 15 is 0 Å². The average Bonchev–Trinajstić information content (AvgIpc) is 2.41. The number of sulfonamides is 1. The van der Waals surface area contributed by atoms with Gasteiger partial charge in [-0.2, -0.15) is 0 Å². The first-order valence-corrected chi connectivity index (χ1v) is 6.78. The summed E-state index contributed by atoms with van der Waals surface area (Å²) in [5, 5.41) is 1.13. The second-order valence-corrected chi connectivity index (χ2v) is 5.62. The second-order valence-electron chi connectivity index (χ2n) is 4.06. The summed E-state index contributed by atoms with van der Waals surface area (Å²) < 4.78 is 30.0. The van der Waals surface area contributed by atoms with Gasteiger partial charge >= 0.3 is 5.97 Å². The first-order chi connectivity index (χ1) is 7.35. The molecule has 0 saturated carbocycles. The standard InChI is InChI=1S/C10H17NO4S/c1-4-15-9(12)5-8-6-16(13,14)11-10(8)7(2)3/h6-7,10-11H,4-5H2,1-3H3/t10-/m0/s1. The molecule has 1 heterocycles. The highest BCUT2D eigenvalue weighted by molar-refractivity contribution is 7.92. The van der Waals surface area contributed by atoms with Gasteiger partial charge in [-0.25, -0.2) is 13.1 Å². The minimum absolute atomic E-state index is 0.0307. The number of hydrogen-bond acceptors (Lipinski definition) is 4. The first-order valence-electron chi connectivity index (χ1n) is 5.24. The first kappa shape index (κ1) is 13.2. The number of nitrogens with one attached hydrogen (secondary N) is 1. The molecule has 1 atom stereocenters. The highest BCUT2D eigenvalue weighted by atomic mass is 32.2. The maximum atomic E-state index is 11.4. The van der Waals surface area contributed by atoms with Crippen LogP contribution in [0.3, 0.4) is 0 Å². The van der Waals surface area contributed by atoms with Crippen LogP contribution in [0.2, 0.25) is 0 Å². The van der Waals surface area contributed by atoms with Crippen LogP contribution in [0.25, 0.3) is 0 Å². The molecule has 5 nitrogen and oxygen atoms in total. The van der Waals surface area contributed by atoms with E-state index in [1.807, 2.05) is 13.8 Å². The predicted octanol–water partition coefficient (Wildman–Crippen LogP) is 0.781. The van der Waals surface area contributed by atoms with Crippen LogP contribution in [0.1, 0.15) is 27.2 Å². The van der Waals surface area contributed by atoms with Crippen LogP contribution in [-0.4, -0.2) is 27.0 Å².